The number of carbonyl (C=O) groups excluding carboxylic acids is 2. The molecule has 0 spiro atoms. The number of carbonyl (C=O) groups is 3. The maximum Gasteiger partial charge on any atom is 0.357 e. The SMILES string of the molecule is CCOC(=O)c1csc([C@H]2[C@@H](COC)C[C@@](CC(C)C)(C(=O)O)N2C(=O)c2ccc(C(C)(C)C)c(OC)c2)n1. The van der Waals surface area contributed by atoms with Gasteiger partial charge in [-0.15, -0.1) is 11.3 Å². The topological polar surface area (TPSA) is 115 Å². The molecule has 3 atom stereocenters. The number of carboxylic acids is 1. The van der Waals surface area contributed by atoms with Crippen LogP contribution in [0.2, 0.25) is 0 Å². The van der Waals surface area contributed by atoms with Crippen molar-refractivity contribution in [2.75, 3.05) is 27.4 Å². The van der Waals surface area contributed by atoms with Crippen molar-refractivity contribution in [2.45, 2.75) is 71.4 Å². The summed E-state index contributed by atoms with van der Waals surface area (Å²) in [5.74, 6) is -1.88. The molecular formula is C29H40N2O7S. The van der Waals surface area contributed by atoms with E-state index >= 15 is 0 Å². The number of nitrogens with zero attached hydrogens (tertiary/aromatic N) is 2. The summed E-state index contributed by atoms with van der Waals surface area (Å²) in [6.45, 7) is 12.2. The third-order valence-corrected chi connectivity index (χ3v) is 7.96. The fourth-order valence-electron chi connectivity index (χ4n) is 5.56. The van der Waals surface area contributed by atoms with E-state index in [9.17, 15) is 19.5 Å². The van der Waals surface area contributed by atoms with Crippen LogP contribution in [0.4, 0.5) is 0 Å². The van der Waals surface area contributed by atoms with Gasteiger partial charge in [0.2, 0.25) is 0 Å². The molecule has 39 heavy (non-hydrogen) atoms. The van der Waals surface area contributed by atoms with Gasteiger partial charge in [0.1, 0.15) is 16.3 Å². The quantitative estimate of drug-likeness (QED) is 0.387. The molecule has 1 N–H and O–H groups in total. The molecular weight excluding hydrogens is 520 g/mol. The summed E-state index contributed by atoms with van der Waals surface area (Å²) in [6.07, 6.45) is 0.439. The smallest absolute Gasteiger partial charge is 0.357 e. The standard InChI is InChI=1S/C29H40N2O7S/c1-9-38-26(33)21-16-39-24(30-21)23-19(15-36-7)14-29(27(34)35,13-17(2)3)31(23)25(32)18-10-11-20(28(4,5)6)22(12-18)37-8/h10-12,16-17,19,23H,9,13-15H2,1-8H3,(H,34,35)/t19-,23-,29+/m1/s1. The van der Waals surface area contributed by atoms with E-state index in [0.29, 0.717) is 16.3 Å². The molecule has 1 aromatic carbocycles. The lowest BCUT2D eigenvalue weighted by molar-refractivity contribution is -0.150. The minimum Gasteiger partial charge on any atom is -0.496 e. The highest BCUT2D eigenvalue weighted by Gasteiger charge is 2.59. The number of benzene rings is 1. The molecule has 214 valence electrons. The number of methoxy groups -OCH3 is 2. The second kappa shape index (κ2) is 12.0. The Hall–Kier alpha value is -2.98. The van der Waals surface area contributed by atoms with E-state index in [1.807, 2.05) is 19.9 Å². The average molecular weight is 561 g/mol. The van der Waals surface area contributed by atoms with Crippen LogP contribution < -0.4 is 4.74 Å². The van der Waals surface area contributed by atoms with Crippen molar-refractivity contribution >= 4 is 29.2 Å². The van der Waals surface area contributed by atoms with E-state index in [4.69, 9.17) is 14.2 Å². The molecule has 1 aromatic heterocycles. The second-order valence-electron chi connectivity index (χ2n) is 11.4. The van der Waals surface area contributed by atoms with Gasteiger partial charge in [-0.25, -0.2) is 14.6 Å². The molecule has 2 aromatic rings. The lowest BCUT2D eigenvalue weighted by atomic mass is 9.83. The Morgan fingerprint density at radius 2 is 1.92 bits per heavy atom. The van der Waals surface area contributed by atoms with E-state index in [1.165, 1.54) is 16.2 Å². The van der Waals surface area contributed by atoms with Crippen molar-refractivity contribution in [1.82, 2.24) is 9.88 Å². The normalized spacial score (nSPS) is 21.3. The summed E-state index contributed by atoms with van der Waals surface area (Å²) in [4.78, 5) is 45.9. The molecule has 10 heteroatoms. The van der Waals surface area contributed by atoms with Crippen molar-refractivity contribution in [3.05, 3.63) is 45.4 Å². The number of ether oxygens (including phenoxy) is 3. The zero-order chi connectivity index (χ0) is 29.1. The van der Waals surface area contributed by atoms with Crippen LogP contribution in [0, 0.1) is 11.8 Å². The number of esters is 1. The molecule has 0 aliphatic carbocycles. The molecule has 1 aliphatic heterocycles. The number of carboxylic acid groups (broad SMARTS) is 1. The Morgan fingerprint density at radius 1 is 1.23 bits per heavy atom. The van der Waals surface area contributed by atoms with Crippen LogP contribution in [0.3, 0.4) is 0 Å². The Balaban J connectivity index is 2.22. The van der Waals surface area contributed by atoms with Gasteiger partial charge in [-0.3, -0.25) is 4.79 Å². The summed E-state index contributed by atoms with van der Waals surface area (Å²) < 4.78 is 16.3. The zero-order valence-electron chi connectivity index (χ0n) is 24.1. The predicted octanol–water partition coefficient (Wildman–Crippen LogP) is 5.35. The fourth-order valence-corrected chi connectivity index (χ4v) is 6.53. The van der Waals surface area contributed by atoms with Crippen LogP contribution in [-0.2, 0) is 19.7 Å². The van der Waals surface area contributed by atoms with E-state index < -0.39 is 29.4 Å². The molecule has 2 heterocycles. The van der Waals surface area contributed by atoms with Gasteiger partial charge in [0.05, 0.1) is 26.4 Å². The molecule has 1 fully saturated rings. The summed E-state index contributed by atoms with van der Waals surface area (Å²) in [7, 11) is 3.10. The molecule has 0 radical (unpaired) electrons. The average Bonchev–Trinajstić information content (AvgIpc) is 3.46. The largest absolute Gasteiger partial charge is 0.496 e. The minimum absolute atomic E-state index is 0.0115. The van der Waals surface area contributed by atoms with E-state index in [1.54, 1.807) is 38.7 Å². The number of thiazole rings is 1. The molecule has 0 unspecified atom stereocenters. The zero-order valence-corrected chi connectivity index (χ0v) is 24.9. The van der Waals surface area contributed by atoms with Crippen LogP contribution in [0.5, 0.6) is 5.75 Å². The maximum absolute atomic E-state index is 14.4. The van der Waals surface area contributed by atoms with Crippen LogP contribution in [0.1, 0.15) is 91.8 Å². The molecule has 0 saturated carbocycles. The summed E-state index contributed by atoms with van der Waals surface area (Å²) >= 11 is 1.21. The maximum atomic E-state index is 14.4. The molecule has 1 aliphatic rings. The van der Waals surface area contributed by atoms with Gasteiger partial charge in [-0.05, 0) is 48.8 Å². The molecule has 3 rings (SSSR count). The van der Waals surface area contributed by atoms with Crippen LogP contribution in [0.15, 0.2) is 23.6 Å². The van der Waals surface area contributed by atoms with E-state index in [2.05, 4.69) is 25.8 Å². The highest BCUT2D eigenvalue weighted by Crippen LogP contribution is 2.51. The first-order valence-electron chi connectivity index (χ1n) is 13.2. The van der Waals surface area contributed by atoms with Gasteiger partial charge < -0.3 is 24.2 Å². The molecule has 1 saturated heterocycles. The third-order valence-electron chi connectivity index (χ3n) is 7.05. The lowest BCUT2D eigenvalue weighted by Crippen LogP contribution is -2.54. The molecule has 0 bridgehead atoms. The Bertz CT molecular complexity index is 1200. The van der Waals surface area contributed by atoms with E-state index in [-0.39, 0.29) is 49.0 Å². The first-order valence-corrected chi connectivity index (χ1v) is 14.1. The van der Waals surface area contributed by atoms with Gasteiger partial charge in [0.15, 0.2) is 5.69 Å². The number of aromatic nitrogens is 1. The van der Waals surface area contributed by atoms with Gasteiger partial charge >= 0.3 is 11.9 Å². The Morgan fingerprint density at radius 3 is 2.46 bits per heavy atom. The predicted molar refractivity (Wildman–Crippen MR) is 148 cm³/mol. The minimum atomic E-state index is -1.50. The summed E-state index contributed by atoms with van der Waals surface area (Å²) in [5, 5.41) is 12.8. The number of rotatable bonds is 10. The Kier molecular flexibility index (Phi) is 9.43. The van der Waals surface area contributed by atoms with Crippen LogP contribution >= 0.6 is 11.3 Å². The second-order valence-corrected chi connectivity index (χ2v) is 12.3. The number of hydrogen-bond acceptors (Lipinski definition) is 8. The Labute approximate surface area is 234 Å². The first kappa shape index (κ1) is 30.6. The van der Waals surface area contributed by atoms with E-state index in [0.717, 1.165) is 5.56 Å². The number of likely N-dealkylation sites (tertiary alicyclic amines) is 1. The highest BCUT2D eigenvalue weighted by molar-refractivity contribution is 7.09. The fraction of sp³-hybridized carbons (Fsp3) is 0.586. The molecule has 1 amide bonds. The number of amides is 1. The monoisotopic (exact) mass is 560 g/mol. The van der Waals surface area contributed by atoms with Crippen LogP contribution in [0.25, 0.3) is 0 Å². The van der Waals surface area contributed by atoms with Crippen molar-refractivity contribution in [3.63, 3.8) is 0 Å². The summed E-state index contributed by atoms with van der Waals surface area (Å²) in [5.41, 5.74) is -0.333. The first-order chi connectivity index (χ1) is 18.3. The van der Waals surface area contributed by atoms with Crippen molar-refractivity contribution in [1.29, 1.82) is 0 Å². The molecule has 9 nitrogen and oxygen atoms in total. The van der Waals surface area contributed by atoms with Crippen molar-refractivity contribution in [3.8, 4) is 5.75 Å². The number of aliphatic carboxylic acids is 1. The highest BCUT2D eigenvalue weighted by atomic mass is 32.1. The third kappa shape index (κ3) is 6.11. The van der Waals surface area contributed by atoms with Crippen molar-refractivity contribution in [2.24, 2.45) is 11.8 Å². The van der Waals surface area contributed by atoms with Crippen LogP contribution in [-0.4, -0.2) is 65.8 Å². The van der Waals surface area contributed by atoms with Gasteiger partial charge in [0.25, 0.3) is 5.91 Å². The lowest BCUT2D eigenvalue weighted by Gasteiger charge is -2.39. The number of hydrogen-bond donors (Lipinski definition) is 1. The van der Waals surface area contributed by atoms with Gasteiger partial charge in [-0.2, -0.15) is 0 Å². The van der Waals surface area contributed by atoms with Gasteiger partial charge in [-0.1, -0.05) is 40.7 Å². The van der Waals surface area contributed by atoms with Gasteiger partial charge in [0, 0.05) is 24.0 Å². The van der Waals surface area contributed by atoms with Crippen molar-refractivity contribution < 1.29 is 33.7 Å². The summed E-state index contributed by atoms with van der Waals surface area (Å²) in [6, 6.07) is 4.54.